The Hall–Kier alpha value is -1.68. The molecule has 1 aromatic rings. The summed E-state index contributed by atoms with van der Waals surface area (Å²) in [6.45, 7) is 10.8. The Morgan fingerprint density at radius 1 is 1.12 bits per heavy atom. The highest BCUT2D eigenvalue weighted by atomic mass is 16.2. The molecule has 1 heterocycles. The summed E-state index contributed by atoms with van der Waals surface area (Å²) in [7, 11) is 0. The Labute approximate surface area is 145 Å². The van der Waals surface area contributed by atoms with Crippen LogP contribution in [0.1, 0.15) is 46.1 Å². The van der Waals surface area contributed by atoms with Crippen molar-refractivity contribution in [1.82, 2.24) is 9.80 Å². The van der Waals surface area contributed by atoms with Crippen molar-refractivity contribution >= 4 is 11.7 Å². The summed E-state index contributed by atoms with van der Waals surface area (Å²) >= 11 is 0. The number of ketones is 1. The van der Waals surface area contributed by atoms with Crippen LogP contribution in [0.3, 0.4) is 0 Å². The molecule has 1 amide bonds. The van der Waals surface area contributed by atoms with Crippen LogP contribution in [0.5, 0.6) is 0 Å². The molecule has 0 N–H and O–H groups in total. The van der Waals surface area contributed by atoms with E-state index in [0.29, 0.717) is 0 Å². The minimum Gasteiger partial charge on any atom is -0.342 e. The van der Waals surface area contributed by atoms with Crippen molar-refractivity contribution in [2.45, 2.75) is 52.0 Å². The number of carbonyl (C=O) groups is 2. The van der Waals surface area contributed by atoms with E-state index in [9.17, 15) is 9.59 Å². The predicted molar refractivity (Wildman–Crippen MR) is 97.0 cm³/mol. The maximum absolute atomic E-state index is 12.6. The fraction of sp³-hybridized carbons (Fsp3) is 0.600. The molecule has 0 saturated carbocycles. The lowest BCUT2D eigenvalue weighted by molar-refractivity contribution is -0.137. The molecule has 24 heavy (non-hydrogen) atoms. The van der Waals surface area contributed by atoms with Gasteiger partial charge in [-0.05, 0) is 46.1 Å². The van der Waals surface area contributed by atoms with Crippen LogP contribution < -0.4 is 0 Å². The Morgan fingerprint density at radius 2 is 1.67 bits per heavy atom. The van der Waals surface area contributed by atoms with E-state index in [4.69, 9.17) is 0 Å². The molecule has 1 fully saturated rings. The number of hydrogen-bond acceptors (Lipinski definition) is 3. The molecule has 0 radical (unpaired) electrons. The highest BCUT2D eigenvalue weighted by Gasteiger charge is 2.42. The molecule has 0 spiro atoms. The molecule has 132 valence electrons. The number of piperidine rings is 1. The van der Waals surface area contributed by atoms with Gasteiger partial charge in [-0.15, -0.1) is 0 Å². The third kappa shape index (κ3) is 3.54. The number of carbonyl (C=O) groups excluding carboxylic acids is 2. The fourth-order valence-corrected chi connectivity index (χ4v) is 3.85. The number of amides is 1. The number of benzene rings is 1. The van der Waals surface area contributed by atoms with Crippen LogP contribution in [0.15, 0.2) is 30.3 Å². The zero-order chi connectivity index (χ0) is 17.7. The first-order valence-corrected chi connectivity index (χ1v) is 9.05. The summed E-state index contributed by atoms with van der Waals surface area (Å²) in [6.07, 6.45) is 1.56. The number of Topliss-reactive ketones (excluding diaryl/α,β-unsaturated/α-hetero) is 1. The monoisotopic (exact) mass is 330 g/mol. The first kappa shape index (κ1) is 18.7. The average molecular weight is 330 g/mol. The summed E-state index contributed by atoms with van der Waals surface area (Å²) < 4.78 is 0. The van der Waals surface area contributed by atoms with E-state index in [2.05, 4.69) is 17.0 Å². The first-order valence-electron chi connectivity index (χ1n) is 9.05. The number of rotatable bonds is 6. The largest absolute Gasteiger partial charge is 0.342 e. The van der Waals surface area contributed by atoms with Crippen LogP contribution in [0.25, 0.3) is 0 Å². The topological polar surface area (TPSA) is 40.6 Å². The third-order valence-electron chi connectivity index (χ3n) is 5.63. The van der Waals surface area contributed by atoms with E-state index in [1.807, 2.05) is 43.9 Å². The third-order valence-corrected chi connectivity index (χ3v) is 5.63. The second-order valence-corrected chi connectivity index (χ2v) is 6.73. The van der Waals surface area contributed by atoms with Crippen molar-refractivity contribution < 1.29 is 9.59 Å². The highest BCUT2D eigenvalue weighted by Crippen LogP contribution is 2.37. The molecule has 4 nitrogen and oxygen atoms in total. The molecule has 0 aliphatic carbocycles. The van der Waals surface area contributed by atoms with Gasteiger partial charge in [0.05, 0.1) is 11.5 Å². The minimum absolute atomic E-state index is 0.120. The van der Waals surface area contributed by atoms with E-state index in [1.54, 1.807) is 6.92 Å². The Kier molecular flexibility index (Phi) is 6.16. The molecular formula is C20H30N2O2. The smallest absolute Gasteiger partial charge is 0.239 e. The second-order valence-electron chi connectivity index (χ2n) is 6.73. The first-order chi connectivity index (χ1) is 11.5. The second kappa shape index (κ2) is 7.93. The van der Waals surface area contributed by atoms with Gasteiger partial charge in [0, 0.05) is 26.2 Å². The van der Waals surface area contributed by atoms with Crippen molar-refractivity contribution in [1.29, 1.82) is 0 Å². The van der Waals surface area contributed by atoms with E-state index >= 15 is 0 Å². The lowest BCUT2D eigenvalue weighted by Gasteiger charge is -2.43. The zero-order valence-electron chi connectivity index (χ0n) is 15.4. The molecule has 1 aliphatic rings. The van der Waals surface area contributed by atoms with Crippen LogP contribution in [0, 0.1) is 0 Å². The molecule has 1 saturated heterocycles. The van der Waals surface area contributed by atoms with E-state index in [0.717, 1.165) is 44.6 Å². The molecule has 4 heteroatoms. The summed E-state index contributed by atoms with van der Waals surface area (Å²) in [5.74, 6) is 0.422. The van der Waals surface area contributed by atoms with Gasteiger partial charge in [-0.2, -0.15) is 0 Å². The average Bonchev–Trinajstić information content (AvgIpc) is 2.62. The van der Waals surface area contributed by atoms with Gasteiger partial charge in [0.2, 0.25) is 5.91 Å². The van der Waals surface area contributed by atoms with Crippen LogP contribution in [-0.4, -0.2) is 53.7 Å². The molecule has 1 unspecified atom stereocenters. The highest BCUT2D eigenvalue weighted by molar-refractivity contribution is 5.88. The van der Waals surface area contributed by atoms with Crippen LogP contribution in [-0.2, 0) is 15.0 Å². The van der Waals surface area contributed by atoms with Gasteiger partial charge < -0.3 is 4.90 Å². The number of likely N-dealkylation sites (N-methyl/N-ethyl adjacent to an activating group) is 1. The van der Waals surface area contributed by atoms with Gasteiger partial charge in [-0.25, -0.2) is 0 Å². The summed E-state index contributed by atoms with van der Waals surface area (Å²) in [4.78, 5) is 29.1. The van der Waals surface area contributed by atoms with Gasteiger partial charge in [-0.3, -0.25) is 14.5 Å². The number of nitrogens with zero attached hydrogens (tertiary/aromatic N) is 2. The standard InChI is InChI=1S/C20H30N2O2/c1-5-21(6-2)19(24)16(3)22-14-12-20(13-15-22,17(4)23)18-10-8-7-9-11-18/h7-11,16H,5-6,12-15H2,1-4H3. The molecule has 0 aromatic heterocycles. The summed E-state index contributed by atoms with van der Waals surface area (Å²) in [5, 5.41) is 0. The van der Waals surface area contributed by atoms with Crippen LogP contribution in [0.4, 0.5) is 0 Å². The maximum atomic E-state index is 12.6. The van der Waals surface area contributed by atoms with Gasteiger partial charge in [0.25, 0.3) is 0 Å². The molecular weight excluding hydrogens is 300 g/mol. The Balaban J connectivity index is 2.11. The van der Waals surface area contributed by atoms with E-state index in [-0.39, 0.29) is 17.7 Å². The normalized spacial score (nSPS) is 18.8. The fourth-order valence-electron chi connectivity index (χ4n) is 3.85. The lowest BCUT2D eigenvalue weighted by atomic mass is 9.70. The van der Waals surface area contributed by atoms with Crippen LogP contribution >= 0.6 is 0 Å². The van der Waals surface area contributed by atoms with E-state index in [1.165, 1.54) is 0 Å². The predicted octanol–water partition coefficient (Wildman–Crippen LogP) is 2.87. The number of hydrogen-bond donors (Lipinski definition) is 0. The minimum atomic E-state index is -0.393. The molecule has 2 rings (SSSR count). The van der Waals surface area contributed by atoms with Crippen LogP contribution in [0.2, 0.25) is 0 Å². The van der Waals surface area contributed by atoms with Gasteiger partial charge in [0.1, 0.15) is 5.78 Å². The number of likely N-dealkylation sites (tertiary alicyclic amines) is 1. The lowest BCUT2D eigenvalue weighted by Crippen LogP contribution is -2.53. The van der Waals surface area contributed by atoms with Crippen molar-refractivity contribution in [2.75, 3.05) is 26.2 Å². The molecule has 1 aliphatic heterocycles. The van der Waals surface area contributed by atoms with Crippen molar-refractivity contribution in [2.24, 2.45) is 0 Å². The summed E-state index contributed by atoms with van der Waals surface area (Å²) in [5.41, 5.74) is 0.718. The molecule has 0 bridgehead atoms. The van der Waals surface area contributed by atoms with Gasteiger partial charge in [0.15, 0.2) is 0 Å². The van der Waals surface area contributed by atoms with Gasteiger partial charge >= 0.3 is 0 Å². The van der Waals surface area contributed by atoms with E-state index < -0.39 is 5.41 Å². The summed E-state index contributed by atoms with van der Waals surface area (Å²) in [6, 6.07) is 9.98. The van der Waals surface area contributed by atoms with Crippen molar-refractivity contribution in [3.05, 3.63) is 35.9 Å². The van der Waals surface area contributed by atoms with Crippen molar-refractivity contribution in [3.8, 4) is 0 Å². The van der Waals surface area contributed by atoms with Gasteiger partial charge in [-0.1, -0.05) is 30.3 Å². The Morgan fingerprint density at radius 3 is 2.12 bits per heavy atom. The zero-order valence-corrected chi connectivity index (χ0v) is 15.4. The SMILES string of the molecule is CCN(CC)C(=O)C(C)N1CCC(C(C)=O)(c2ccccc2)CC1. The maximum Gasteiger partial charge on any atom is 0.239 e. The molecule has 1 atom stereocenters. The molecule has 1 aromatic carbocycles. The quantitative estimate of drug-likeness (QED) is 0.805. The Bertz CT molecular complexity index is 558. The van der Waals surface area contributed by atoms with Crippen molar-refractivity contribution in [3.63, 3.8) is 0 Å².